The fourth-order valence-electron chi connectivity index (χ4n) is 4.80. The number of fused-ring (bicyclic) bond motifs is 1. The maximum Gasteiger partial charge on any atom is 0.252 e. The number of nitrogens with two attached hydrogens (primary N) is 1. The van der Waals surface area contributed by atoms with Crippen molar-refractivity contribution in [3.8, 4) is 0 Å². The zero-order valence-corrected chi connectivity index (χ0v) is 20.5. The molecule has 0 saturated heterocycles. The molecule has 1 aromatic carbocycles. The first-order valence-corrected chi connectivity index (χ1v) is 11.8. The molecule has 0 unspecified atom stereocenters. The highest BCUT2D eigenvalue weighted by molar-refractivity contribution is 6.32. The summed E-state index contributed by atoms with van der Waals surface area (Å²) in [4.78, 5) is 26.0. The highest BCUT2D eigenvalue weighted by Gasteiger charge is 2.24. The van der Waals surface area contributed by atoms with Crippen LogP contribution in [0.15, 0.2) is 34.9 Å². The molecule has 5 nitrogen and oxygen atoms in total. The van der Waals surface area contributed by atoms with Crippen LogP contribution >= 0.6 is 11.6 Å². The molecule has 1 aliphatic rings. The Morgan fingerprint density at radius 2 is 1.97 bits per heavy atom. The zero-order valence-electron chi connectivity index (χ0n) is 19.8. The number of ketones is 1. The van der Waals surface area contributed by atoms with E-state index in [9.17, 15) is 9.59 Å². The minimum Gasteiger partial charge on any atom is -0.348 e. The molecule has 1 amide bonds. The van der Waals surface area contributed by atoms with Gasteiger partial charge in [0.2, 0.25) is 0 Å². The third-order valence-electron chi connectivity index (χ3n) is 6.11. The number of rotatable bonds is 8. The van der Waals surface area contributed by atoms with E-state index in [2.05, 4.69) is 36.7 Å². The summed E-state index contributed by atoms with van der Waals surface area (Å²) in [5.74, 6) is -0.124. The van der Waals surface area contributed by atoms with E-state index in [0.29, 0.717) is 29.1 Å². The Kier molecular flexibility index (Phi) is 7.63. The Morgan fingerprint density at radius 1 is 1.25 bits per heavy atom. The lowest BCUT2D eigenvalue weighted by molar-refractivity contribution is -0.115. The minimum absolute atomic E-state index is 0.0948. The van der Waals surface area contributed by atoms with E-state index in [4.69, 9.17) is 17.3 Å². The van der Waals surface area contributed by atoms with Gasteiger partial charge in [-0.1, -0.05) is 36.6 Å². The number of Topliss-reactive ketones (excluding diaryl/α,β-unsaturated/α-hetero) is 1. The molecule has 172 valence electrons. The second-order valence-electron chi connectivity index (χ2n) is 8.95. The average Bonchev–Trinajstić information content (AvgIpc) is 2.98. The molecular formula is C26H34ClN3O2. The van der Waals surface area contributed by atoms with Crippen LogP contribution in [0.2, 0.25) is 5.02 Å². The molecule has 2 aromatic rings. The van der Waals surface area contributed by atoms with E-state index >= 15 is 0 Å². The lowest BCUT2D eigenvalue weighted by Crippen LogP contribution is -2.29. The smallest absolute Gasteiger partial charge is 0.252 e. The van der Waals surface area contributed by atoms with Gasteiger partial charge in [0.1, 0.15) is 0 Å². The summed E-state index contributed by atoms with van der Waals surface area (Å²) in [5, 5.41) is 4.41. The van der Waals surface area contributed by atoms with Crippen molar-refractivity contribution >= 4 is 34.2 Å². The summed E-state index contributed by atoms with van der Waals surface area (Å²) in [6, 6.07) is 3.84. The first-order valence-electron chi connectivity index (χ1n) is 11.4. The van der Waals surface area contributed by atoms with Gasteiger partial charge < -0.3 is 15.6 Å². The molecule has 1 aliphatic carbocycles. The fourth-order valence-corrected chi connectivity index (χ4v) is 5.02. The number of carbonyl (C=O) groups excluding carboxylic acids is 2. The average molecular weight is 456 g/mol. The van der Waals surface area contributed by atoms with Gasteiger partial charge in [-0.15, -0.1) is 0 Å². The van der Waals surface area contributed by atoms with Crippen LogP contribution in [0.25, 0.3) is 10.9 Å². The Balaban J connectivity index is 2.03. The van der Waals surface area contributed by atoms with Crippen LogP contribution in [0.1, 0.15) is 74.6 Å². The Morgan fingerprint density at radius 3 is 2.59 bits per heavy atom. The summed E-state index contributed by atoms with van der Waals surface area (Å²) in [6.07, 6.45) is 5.01. The number of hydrogen-bond acceptors (Lipinski definition) is 3. The normalized spacial score (nSPS) is 14.5. The molecule has 3 rings (SSSR count). The van der Waals surface area contributed by atoms with Crippen molar-refractivity contribution in [2.75, 3.05) is 13.1 Å². The van der Waals surface area contributed by atoms with Crippen LogP contribution in [0.5, 0.6) is 0 Å². The summed E-state index contributed by atoms with van der Waals surface area (Å²) < 4.78 is 2.22. The molecule has 0 aliphatic heterocycles. The van der Waals surface area contributed by atoms with Crippen LogP contribution in [0.3, 0.4) is 0 Å². The predicted molar refractivity (Wildman–Crippen MR) is 132 cm³/mol. The maximum atomic E-state index is 13.3. The highest BCUT2D eigenvalue weighted by Crippen LogP contribution is 2.34. The molecule has 6 heteroatoms. The van der Waals surface area contributed by atoms with E-state index in [1.54, 1.807) is 6.07 Å². The summed E-state index contributed by atoms with van der Waals surface area (Å²) in [6.45, 7) is 11.1. The summed E-state index contributed by atoms with van der Waals surface area (Å²) >= 11 is 6.45. The van der Waals surface area contributed by atoms with E-state index < -0.39 is 0 Å². The Bertz CT molecular complexity index is 1120. The highest BCUT2D eigenvalue weighted by atomic mass is 35.5. The molecule has 0 atom stereocenters. The monoisotopic (exact) mass is 455 g/mol. The topological polar surface area (TPSA) is 77.1 Å². The number of halogens is 1. The number of carbonyl (C=O) groups is 2. The molecular weight excluding hydrogens is 422 g/mol. The van der Waals surface area contributed by atoms with Gasteiger partial charge in [0.05, 0.1) is 11.1 Å². The molecule has 0 radical (unpaired) electrons. The second kappa shape index (κ2) is 10.1. The van der Waals surface area contributed by atoms with Gasteiger partial charge in [0.15, 0.2) is 5.78 Å². The number of aryl methyl sites for hydroxylation is 1. The summed E-state index contributed by atoms with van der Waals surface area (Å²) in [5.41, 5.74) is 12.4. The molecule has 1 aromatic heterocycles. The number of benzene rings is 1. The van der Waals surface area contributed by atoms with Crippen LogP contribution < -0.4 is 11.1 Å². The number of nitrogens with one attached hydrogen (secondary N) is 1. The maximum absolute atomic E-state index is 13.3. The number of amides is 1. The van der Waals surface area contributed by atoms with Gasteiger partial charge in [0.25, 0.3) is 5.91 Å². The largest absolute Gasteiger partial charge is 0.348 e. The Labute approximate surface area is 195 Å². The van der Waals surface area contributed by atoms with Gasteiger partial charge in [-0.3, -0.25) is 9.59 Å². The quantitative estimate of drug-likeness (QED) is 0.557. The lowest BCUT2D eigenvalue weighted by atomic mass is 9.89. The van der Waals surface area contributed by atoms with Gasteiger partial charge in [-0.25, -0.2) is 0 Å². The molecule has 0 saturated carbocycles. The predicted octanol–water partition coefficient (Wildman–Crippen LogP) is 5.43. The van der Waals surface area contributed by atoms with Crippen molar-refractivity contribution in [3.63, 3.8) is 0 Å². The number of allylic oxidation sites excluding steroid dienone is 3. The van der Waals surface area contributed by atoms with Crippen LogP contribution in [0, 0.1) is 6.92 Å². The van der Waals surface area contributed by atoms with Crippen molar-refractivity contribution in [3.05, 3.63) is 56.8 Å². The second-order valence-corrected chi connectivity index (χ2v) is 9.39. The Hall–Kier alpha value is -2.37. The first-order chi connectivity index (χ1) is 15.2. The van der Waals surface area contributed by atoms with Gasteiger partial charge in [-0.05, 0) is 63.9 Å². The molecule has 0 fully saturated rings. The molecule has 3 N–H and O–H groups in total. The third kappa shape index (κ3) is 4.69. The molecule has 32 heavy (non-hydrogen) atoms. The molecule has 0 bridgehead atoms. The molecule has 0 spiro atoms. The fraction of sp³-hybridized carbons (Fsp3) is 0.462. The summed E-state index contributed by atoms with van der Waals surface area (Å²) in [7, 11) is 0. The lowest BCUT2D eigenvalue weighted by Gasteiger charge is -2.18. The van der Waals surface area contributed by atoms with Gasteiger partial charge in [0, 0.05) is 47.1 Å². The number of aromatic nitrogens is 1. The van der Waals surface area contributed by atoms with Crippen LogP contribution in [-0.2, 0) is 11.2 Å². The van der Waals surface area contributed by atoms with Gasteiger partial charge in [-0.2, -0.15) is 0 Å². The van der Waals surface area contributed by atoms with Crippen molar-refractivity contribution in [2.24, 2.45) is 5.73 Å². The van der Waals surface area contributed by atoms with Crippen LogP contribution in [0.4, 0.5) is 0 Å². The zero-order chi connectivity index (χ0) is 23.6. The number of nitrogens with zero attached hydrogens (tertiary/aromatic N) is 1. The third-order valence-corrected chi connectivity index (χ3v) is 6.33. The van der Waals surface area contributed by atoms with E-state index in [0.717, 1.165) is 52.6 Å². The van der Waals surface area contributed by atoms with Gasteiger partial charge >= 0.3 is 0 Å². The van der Waals surface area contributed by atoms with E-state index in [1.165, 1.54) is 0 Å². The van der Waals surface area contributed by atoms with Crippen molar-refractivity contribution < 1.29 is 9.59 Å². The first kappa shape index (κ1) is 24.3. The SMILES string of the molecule is CCCC1=C(CNC(=O)c2cc(Cl)cc3c2c(C)c(CCN)n3C(C)C)C(=O)CC(C)=C1. The molecule has 1 heterocycles. The van der Waals surface area contributed by atoms with Crippen LogP contribution in [-0.4, -0.2) is 29.3 Å². The van der Waals surface area contributed by atoms with E-state index in [-0.39, 0.29) is 24.3 Å². The number of hydrogen-bond donors (Lipinski definition) is 2. The van der Waals surface area contributed by atoms with E-state index in [1.807, 2.05) is 19.9 Å². The van der Waals surface area contributed by atoms with Crippen molar-refractivity contribution in [1.82, 2.24) is 9.88 Å². The standard InChI is InChI=1S/C26H34ClN3O2/c1-6-7-18-10-16(4)11-24(31)21(18)14-29-26(32)20-12-19(27)13-23-25(20)17(5)22(8-9-28)30(23)15(2)3/h10,12-13,15H,6-9,11,14,28H2,1-5H3,(H,29,32). The minimum atomic E-state index is -0.219. The van der Waals surface area contributed by atoms with Crippen molar-refractivity contribution in [1.29, 1.82) is 0 Å². The van der Waals surface area contributed by atoms with Crippen molar-refractivity contribution in [2.45, 2.75) is 66.3 Å².